The van der Waals surface area contributed by atoms with Gasteiger partial charge in [-0.2, -0.15) is 5.26 Å². The van der Waals surface area contributed by atoms with Crippen LogP contribution in [0.4, 0.5) is 0 Å². The molecule has 0 aromatic heterocycles. The van der Waals surface area contributed by atoms with Gasteiger partial charge >= 0.3 is 5.97 Å². The molecule has 4 rings (SSSR count). The Labute approximate surface area is 164 Å². The van der Waals surface area contributed by atoms with Crippen molar-refractivity contribution in [3.05, 3.63) is 11.1 Å². The molecule has 4 aliphatic rings. The number of esters is 1. The van der Waals surface area contributed by atoms with Gasteiger partial charge < -0.3 is 4.74 Å². The third-order valence-corrected chi connectivity index (χ3v) is 9.26. The lowest BCUT2D eigenvalue weighted by atomic mass is 9.45. The van der Waals surface area contributed by atoms with Crippen LogP contribution in [0.15, 0.2) is 11.1 Å². The lowest BCUT2D eigenvalue weighted by Crippen LogP contribution is -2.52. The normalized spacial score (nSPS) is 45.1. The average Bonchev–Trinajstić information content (AvgIpc) is 2.99. The van der Waals surface area contributed by atoms with Crippen LogP contribution >= 0.6 is 0 Å². The molecule has 0 spiro atoms. The molecule has 0 radical (unpaired) electrons. The van der Waals surface area contributed by atoms with Crippen LogP contribution in [-0.2, 0) is 9.53 Å². The van der Waals surface area contributed by atoms with Crippen molar-refractivity contribution in [1.82, 2.24) is 0 Å². The second-order valence-corrected chi connectivity index (χ2v) is 10.1. The van der Waals surface area contributed by atoms with Crippen molar-refractivity contribution in [2.75, 3.05) is 6.61 Å². The fourth-order valence-electron chi connectivity index (χ4n) is 7.96. The molecular weight excluding hydrogens is 334 g/mol. The average molecular weight is 370 g/mol. The van der Waals surface area contributed by atoms with Crippen molar-refractivity contribution >= 4 is 5.97 Å². The van der Waals surface area contributed by atoms with E-state index in [1.54, 1.807) is 0 Å². The highest BCUT2D eigenvalue weighted by Gasteiger charge is 2.59. The molecule has 27 heavy (non-hydrogen) atoms. The van der Waals surface area contributed by atoms with E-state index in [4.69, 9.17) is 4.74 Å². The van der Waals surface area contributed by atoms with Crippen molar-refractivity contribution in [2.24, 2.45) is 34.5 Å². The Morgan fingerprint density at radius 1 is 1.11 bits per heavy atom. The van der Waals surface area contributed by atoms with Gasteiger partial charge in [-0.15, -0.1) is 0 Å². The molecule has 0 heterocycles. The van der Waals surface area contributed by atoms with Crippen molar-refractivity contribution in [3.63, 3.8) is 0 Å². The first kappa shape index (κ1) is 19.0. The minimum absolute atomic E-state index is 0.0247. The Balaban J connectivity index is 1.65. The van der Waals surface area contributed by atoms with Crippen LogP contribution < -0.4 is 0 Å². The van der Waals surface area contributed by atoms with E-state index in [0.717, 1.165) is 42.6 Å². The van der Waals surface area contributed by atoms with Gasteiger partial charge in [-0.05, 0) is 98.4 Å². The van der Waals surface area contributed by atoms with Crippen LogP contribution in [-0.4, -0.2) is 12.6 Å². The van der Waals surface area contributed by atoms with Crippen molar-refractivity contribution in [1.29, 1.82) is 5.26 Å². The summed E-state index contributed by atoms with van der Waals surface area (Å²) >= 11 is 0. The first-order valence-corrected chi connectivity index (χ1v) is 11.3. The summed E-state index contributed by atoms with van der Waals surface area (Å²) in [5.41, 5.74) is 1.99. The van der Waals surface area contributed by atoms with Gasteiger partial charge in [-0.25, -0.2) is 4.79 Å². The number of hydrogen-bond acceptors (Lipinski definition) is 3. The van der Waals surface area contributed by atoms with Crippen molar-refractivity contribution in [2.45, 2.75) is 85.0 Å². The molecule has 0 aromatic carbocycles. The summed E-state index contributed by atoms with van der Waals surface area (Å²) in [7, 11) is 0. The minimum atomic E-state index is -0.401. The minimum Gasteiger partial charge on any atom is -0.462 e. The van der Waals surface area contributed by atoms with Gasteiger partial charge in [0.15, 0.2) is 0 Å². The molecule has 4 saturated carbocycles. The van der Waals surface area contributed by atoms with E-state index in [2.05, 4.69) is 19.9 Å². The number of nitrogens with zero attached hydrogens (tertiary/aromatic N) is 1. The third kappa shape index (κ3) is 2.78. The molecule has 3 nitrogen and oxygen atoms in total. The van der Waals surface area contributed by atoms with E-state index in [-0.39, 0.29) is 5.41 Å². The highest BCUT2D eigenvalue weighted by Crippen LogP contribution is 2.67. The van der Waals surface area contributed by atoms with E-state index < -0.39 is 5.97 Å². The predicted octanol–water partition coefficient (Wildman–Crippen LogP) is 5.80. The van der Waals surface area contributed by atoms with E-state index >= 15 is 0 Å². The fraction of sp³-hybridized carbons (Fsp3) is 0.833. The number of carbonyl (C=O) groups is 1. The smallest absolute Gasteiger partial charge is 0.348 e. The van der Waals surface area contributed by atoms with Gasteiger partial charge in [0.2, 0.25) is 0 Å². The van der Waals surface area contributed by atoms with Gasteiger partial charge in [0.05, 0.1) is 6.61 Å². The maximum atomic E-state index is 12.4. The van der Waals surface area contributed by atoms with Gasteiger partial charge in [0.1, 0.15) is 11.6 Å². The standard InChI is InChI=1S/C24H35NO2/c1-4-27-22(26)18(15-25)20-11-10-19-17-9-8-16-7-5-6-13-23(16,2)21(17)12-14-24(19,20)3/h16-17,19,21H,4-14H2,1-3H3/b20-18-/t16-,17+,19-,21+,23+,24+/m1/s1. The SMILES string of the molecule is CCOC(=O)/C(C#N)=C1/CC[C@@H]2[C@@H]3CC[C@H]4CCCC[C@]4(C)[C@H]3CC[C@]12C. The summed E-state index contributed by atoms with van der Waals surface area (Å²) in [6, 6.07) is 2.22. The lowest BCUT2D eigenvalue weighted by Gasteiger charge is -2.60. The quantitative estimate of drug-likeness (QED) is 0.351. The van der Waals surface area contributed by atoms with Crippen LogP contribution in [0.25, 0.3) is 0 Å². The summed E-state index contributed by atoms with van der Waals surface area (Å²) in [6.07, 6.45) is 12.9. The Hall–Kier alpha value is -1.30. The van der Waals surface area contributed by atoms with Crippen LogP contribution in [0.2, 0.25) is 0 Å². The second kappa shape index (κ2) is 6.94. The Bertz CT molecular complexity index is 689. The zero-order chi connectivity index (χ0) is 19.2. The molecule has 4 aliphatic carbocycles. The first-order valence-electron chi connectivity index (χ1n) is 11.3. The molecule has 0 aliphatic heterocycles. The van der Waals surface area contributed by atoms with Gasteiger partial charge in [-0.1, -0.05) is 26.7 Å². The third-order valence-electron chi connectivity index (χ3n) is 9.26. The Morgan fingerprint density at radius 3 is 2.67 bits per heavy atom. The topological polar surface area (TPSA) is 50.1 Å². The zero-order valence-corrected chi connectivity index (χ0v) is 17.4. The molecular formula is C24H35NO2. The monoisotopic (exact) mass is 369 g/mol. The molecule has 148 valence electrons. The summed E-state index contributed by atoms with van der Waals surface area (Å²) in [5.74, 6) is 2.80. The van der Waals surface area contributed by atoms with E-state index in [1.807, 2.05) is 6.92 Å². The molecule has 0 amide bonds. The van der Waals surface area contributed by atoms with Gasteiger partial charge in [-0.3, -0.25) is 0 Å². The predicted molar refractivity (Wildman–Crippen MR) is 106 cm³/mol. The van der Waals surface area contributed by atoms with Gasteiger partial charge in [0, 0.05) is 0 Å². The second-order valence-electron chi connectivity index (χ2n) is 10.1. The summed E-state index contributed by atoms with van der Waals surface area (Å²) in [6.45, 7) is 7.09. The number of carbonyl (C=O) groups excluding carboxylic acids is 1. The van der Waals surface area contributed by atoms with Crippen molar-refractivity contribution in [3.8, 4) is 6.07 Å². The molecule has 0 unspecified atom stereocenters. The first-order chi connectivity index (χ1) is 13.0. The molecule has 0 N–H and O–H groups in total. The molecule has 0 aromatic rings. The highest BCUT2D eigenvalue weighted by atomic mass is 16.5. The molecule has 0 saturated heterocycles. The number of rotatable bonds is 2. The Kier molecular flexibility index (Phi) is 4.90. The summed E-state index contributed by atoms with van der Waals surface area (Å²) in [4.78, 5) is 12.4. The number of hydrogen-bond donors (Lipinski definition) is 0. The highest BCUT2D eigenvalue weighted by molar-refractivity contribution is 5.94. The van der Waals surface area contributed by atoms with Crippen molar-refractivity contribution < 1.29 is 9.53 Å². The molecule has 4 fully saturated rings. The number of ether oxygens (including phenoxy) is 1. The Morgan fingerprint density at radius 2 is 1.93 bits per heavy atom. The lowest BCUT2D eigenvalue weighted by molar-refractivity contribution is -0.138. The fourth-order valence-corrected chi connectivity index (χ4v) is 7.96. The molecule has 3 heteroatoms. The van der Waals surface area contributed by atoms with E-state index in [9.17, 15) is 10.1 Å². The summed E-state index contributed by atoms with van der Waals surface area (Å²) in [5, 5.41) is 9.71. The van der Waals surface area contributed by atoms with E-state index in [0.29, 0.717) is 23.5 Å². The van der Waals surface area contributed by atoms with Crippen LogP contribution in [0, 0.1) is 45.8 Å². The maximum absolute atomic E-state index is 12.4. The van der Waals surface area contributed by atoms with Crippen LogP contribution in [0.5, 0.6) is 0 Å². The molecule has 6 atom stereocenters. The number of fused-ring (bicyclic) bond motifs is 5. The maximum Gasteiger partial charge on any atom is 0.348 e. The molecule has 0 bridgehead atoms. The number of nitriles is 1. The number of allylic oxidation sites excluding steroid dienone is 1. The zero-order valence-electron chi connectivity index (χ0n) is 17.4. The van der Waals surface area contributed by atoms with Crippen LogP contribution in [0.3, 0.4) is 0 Å². The summed E-state index contributed by atoms with van der Waals surface area (Å²) < 4.78 is 5.21. The van der Waals surface area contributed by atoms with Crippen LogP contribution in [0.1, 0.15) is 85.0 Å². The van der Waals surface area contributed by atoms with Gasteiger partial charge in [0.25, 0.3) is 0 Å². The van der Waals surface area contributed by atoms with E-state index in [1.165, 1.54) is 44.9 Å². The largest absolute Gasteiger partial charge is 0.462 e.